The van der Waals surface area contributed by atoms with Gasteiger partial charge in [-0.1, -0.05) is 26.7 Å². The second kappa shape index (κ2) is 10.1. The van der Waals surface area contributed by atoms with Crippen LogP contribution in [0.4, 0.5) is 0 Å². The lowest BCUT2D eigenvalue weighted by Gasteiger charge is -2.23. The number of rotatable bonds is 10. The van der Waals surface area contributed by atoms with Crippen molar-refractivity contribution in [2.75, 3.05) is 13.2 Å². The molecule has 3 nitrogen and oxygen atoms in total. The lowest BCUT2D eigenvalue weighted by molar-refractivity contribution is 0.255. The summed E-state index contributed by atoms with van der Waals surface area (Å²) in [5.74, 6) is 0. The number of hydrogen-bond acceptors (Lipinski definition) is 3. The number of aliphatic imine (C=N–C) groups is 1. The molecule has 0 aromatic heterocycles. The van der Waals surface area contributed by atoms with Crippen LogP contribution in [0.15, 0.2) is 4.99 Å². The fourth-order valence-electron chi connectivity index (χ4n) is 1.88. The van der Waals surface area contributed by atoms with Crippen molar-refractivity contribution in [3.8, 4) is 0 Å². The summed E-state index contributed by atoms with van der Waals surface area (Å²) in [7, 11) is 0. The van der Waals surface area contributed by atoms with Crippen LogP contribution in [0.1, 0.15) is 46.0 Å². The molecule has 15 heavy (non-hydrogen) atoms. The summed E-state index contributed by atoms with van der Waals surface area (Å²) in [6, 6.07) is 0.855. The maximum atomic E-state index is 8.93. The van der Waals surface area contributed by atoms with Crippen molar-refractivity contribution in [2.45, 2.75) is 58.0 Å². The zero-order valence-corrected chi connectivity index (χ0v) is 10.2. The molecule has 0 radical (unpaired) electrons. The zero-order valence-electron chi connectivity index (χ0n) is 10.2. The molecule has 0 fully saturated rings. The van der Waals surface area contributed by atoms with E-state index in [1.807, 2.05) is 0 Å². The molecule has 1 atom stereocenters. The average molecular weight is 214 g/mol. The number of nitrogens with zero attached hydrogens (tertiary/aromatic N) is 1. The Bertz CT molecular complexity index is 145. The number of nitrogens with one attached hydrogen (secondary N) is 1. The first kappa shape index (κ1) is 14.6. The van der Waals surface area contributed by atoms with Crippen LogP contribution in [-0.2, 0) is 0 Å². The van der Waals surface area contributed by atoms with E-state index in [9.17, 15) is 0 Å². The highest BCUT2D eigenvalue weighted by atomic mass is 16.3. The van der Waals surface area contributed by atoms with Crippen LogP contribution in [0.2, 0.25) is 0 Å². The summed E-state index contributed by atoms with van der Waals surface area (Å²) in [4.78, 5) is 3.90. The first-order chi connectivity index (χ1) is 7.28. The molecule has 2 N–H and O–H groups in total. The van der Waals surface area contributed by atoms with Crippen molar-refractivity contribution in [2.24, 2.45) is 4.99 Å². The molecule has 0 saturated heterocycles. The lowest BCUT2D eigenvalue weighted by Crippen LogP contribution is -2.40. The zero-order chi connectivity index (χ0) is 11.5. The Hall–Kier alpha value is -0.410. The molecule has 0 aliphatic rings. The van der Waals surface area contributed by atoms with Gasteiger partial charge in [-0.2, -0.15) is 0 Å². The normalized spacial score (nSPS) is 13.1. The molecule has 0 unspecified atom stereocenters. The molecule has 90 valence electrons. The summed E-state index contributed by atoms with van der Waals surface area (Å²) < 4.78 is 0. The van der Waals surface area contributed by atoms with E-state index in [0.717, 1.165) is 6.42 Å². The Morgan fingerprint density at radius 2 is 1.73 bits per heavy atom. The van der Waals surface area contributed by atoms with Crippen LogP contribution in [0.3, 0.4) is 0 Å². The van der Waals surface area contributed by atoms with Crippen molar-refractivity contribution in [1.29, 1.82) is 0 Å². The number of aliphatic hydroxyl groups is 1. The standard InChI is InChI=1S/C12H26N2O/c1-4-6-11(7-5-2)14-12(8-9-15)10-13-3/h11-12,14-15H,3-10H2,1-2H3/t12-/m1/s1. The van der Waals surface area contributed by atoms with Crippen molar-refractivity contribution >= 4 is 6.72 Å². The Kier molecular flexibility index (Phi) is 9.84. The molecular formula is C12H26N2O. The summed E-state index contributed by atoms with van der Waals surface area (Å²) in [6.45, 7) is 8.84. The first-order valence-corrected chi connectivity index (χ1v) is 6.07. The molecule has 0 rings (SSSR count). The third-order valence-corrected chi connectivity index (χ3v) is 2.57. The molecular weight excluding hydrogens is 188 g/mol. The number of aliphatic hydroxyl groups excluding tert-OH is 1. The van der Waals surface area contributed by atoms with Gasteiger partial charge in [0.05, 0.1) is 6.54 Å². The third-order valence-electron chi connectivity index (χ3n) is 2.57. The van der Waals surface area contributed by atoms with Gasteiger partial charge in [0.2, 0.25) is 0 Å². The molecule has 0 heterocycles. The topological polar surface area (TPSA) is 44.6 Å². The van der Waals surface area contributed by atoms with E-state index < -0.39 is 0 Å². The van der Waals surface area contributed by atoms with Crippen molar-refractivity contribution in [3.63, 3.8) is 0 Å². The van der Waals surface area contributed by atoms with Gasteiger partial charge in [0, 0.05) is 18.7 Å². The van der Waals surface area contributed by atoms with E-state index in [1.54, 1.807) is 0 Å². The fraction of sp³-hybridized carbons (Fsp3) is 0.917. The van der Waals surface area contributed by atoms with E-state index in [2.05, 4.69) is 30.9 Å². The summed E-state index contributed by atoms with van der Waals surface area (Å²) >= 11 is 0. The minimum Gasteiger partial charge on any atom is -0.396 e. The van der Waals surface area contributed by atoms with E-state index in [-0.39, 0.29) is 12.6 Å². The molecule has 3 heteroatoms. The monoisotopic (exact) mass is 214 g/mol. The van der Waals surface area contributed by atoms with Gasteiger partial charge in [-0.25, -0.2) is 0 Å². The van der Waals surface area contributed by atoms with Gasteiger partial charge in [0.25, 0.3) is 0 Å². The Labute approximate surface area is 94.0 Å². The van der Waals surface area contributed by atoms with Crippen LogP contribution in [0.5, 0.6) is 0 Å². The molecule has 0 aromatic rings. The minimum absolute atomic E-state index is 0.220. The van der Waals surface area contributed by atoms with Crippen LogP contribution in [0.25, 0.3) is 0 Å². The van der Waals surface area contributed by atoms with Crippen molar-refractivity contribution < 1.29 is 5.11 Å². The van der Waals surface area contributed by atoms with Gasteiger partial charge in [-0.3, -0.25) is 4.99 Å². The molecule has 0 spiro atoms. The van der Waals surface area contributed by atoms with Gasteiger partial charge in [-0.15, -0.1) is 0 Å². The molecule has 0 aliphatic heterocycles. The Morgan fingerprint density at radius 1 is 1.13 bits per heavy atom. The fourth-order valence-corrected chi connectivity index (χ4v) is 1.88. The third kappa shape index (κ3) is 7.51. The van der Waals surface area contributed by atoms with Crippen LogP contribution >= 0.6 is 0 Å². The average Bonchev–Trinajstić information content (AvgIpc) is 2.19. The molecule has 0 amide bonds. The minimum atomic E-state index is 0.220. The second-order valence-corrected chi connectivity index (χ2v) is 4.06. The van der Waals surface area contributed by atoms with Crippen molar-refractivity contribution in [1.82, 2.24) is 5.32 Å². The maximum Gasteiger partial charge on any atom is 0.0536 e. The van der Waals surface area contributed by atoms with Gasteiger partial charge in [-0.05, 0) is 26.0 Å². The van der Waals surface area contributed by atoms with Crippen LogP contribution < -0.4 is 5.32 Å². The number of hydrogen-bond donors (Lipinski definition) is 2. The Balaban J connectivity index is 3.99. The van der Waals surface area contributed by atoms with E-state index >= 15 is 0 Å². The Morgan fingerprint density at radius 3 is 2.13 bits per heavy atom. The molecule has 0 saturated carbocycles. The van der Waals surface area contributed by atoms with E-state index in [1.165, 1.54) is 25.7 Å². The highest BCUT2D eigenvalue weighted by molar-refractivity contribution is 5.23. The molecule has 0 bridgehead atoms. The summed E-state index contributed by atoms with van der Waals surface area (Å²) in [6.07, 6.45) is 5.57. The lowest BCUT2D eigenvalue weighted by atomic mass is 10.0. The summed E-state index contributed by atoms with van der Waals surface area (Å²) in [5, 5.41) is 12.5. The largest absolute Gasteiger partial charge is 0.396 e. The maximum absolute atomic E-state index is 8.93. The van der Waals surface area contributed by atoms with Crippen LogP contribution in [0, 0.1) is 0 Å². The smallest absolute Gasteiger partial charge is 0.0536 e. The molecule has 0 aromatic carbocycles. The highest BCUT2D eigenvalue weighted by Gasteiger charge is 2.12. The second-order valence-electron chi connectivity index (χ2n) is 4.06. The first-order valence-electron chi connectivity index (χ1n) is 6.07. The van der Waals surface area contributed by atoms with Gasteiger partial charge in [0.15, 0.2) is 0 Å². The van der Waals surface area contributed by atoms with Crippen LogP contribution in [-0.4, -0.2) is 37.1 Å². The highest BCUT2D eigenvalue weighted by Crippen LogP contribution is 2.07. The predicted octanol–water partition coefficient (Wildman–Crippen LogP) is 2.00. The SMILES string of the molecule is C=NC[C@@H](CCO)NC(CCC)CCC. The van der Waals surface area contributed by atoms with Gasteiger partial charge >= 0.3 is 0 Å². The van der Waals surface area contributed by atoms with E-state index in [4.69, 9.17) is 5.11 Å². The summed E-state index contributed by atoms with van der Waals surface area (Å²) in [5.41, 5.74) is 0. The molecule has 0 aliphatic carbocycles. The quantitative estimate of drug-likeness (QED) is 0.546. The van der Waals surface area contributed by atoms with Gasteiger partial charge < -0.3 is 10.4 Å². The van der Waals surface area contributed by atoms with Crippen molar-refractivity contribution in [3.05, 3.63) is 0 Å². The van der Waals surface area contributed by atoms with Gasteiger partial charge in [0.1, 0.15) is 0 Å². The van der Waals surface area contributed by atoms with E-state index in [0.29, 0.717) is 12.6 Å². The predicted molar refractivity (Wildman–Crippen MR) is 66.6 cm³/mol.